The van der Waals surface area contributed by atoms with Crippen LogP contribution in [-0.4, -0.2) is 87.5 Å². The van der Waals surface area contributed by atoms with Crippen molar-refractivity contribution in [1.29, 1.82) is 0 Å². The van der Waals surface area contributed by atoms with E-state index in [1.54, 1.807) is 6.08 Å². The molecule has 1 amide bonds. The minimum atomic E-state index is -1.57. The van der Waals surface area contributed by atoms with E-state index < -0.39 is 49.5 Å². The van der Waals surface area contributed by atoms with Gasteiger partial charge >= 0.3 is 0 Å². The largest absolute Gasteiger partial charge is 0.394 e. The first-order valence-corrected chi connectivity index (χ1v) is 25.3. The summed E-state index contributed by atoms with van der Waals surface area (Å²) < 4.78 is 11.2. The van der Waals surface area contributed by atoms with Gasteiger partial charge in [0.15, 0.2) is 6.29 Å². The average Bonchev–Trinajstić information content (AvgIpc) is 3.28. The van der Waals surface area contributed by atoms with Crippen LogP contribution in [0.25, 0.3) is 0 Å². The molecule has 0 bridgehead atoms. The first-order chi connectivity index (χ1) is 30.8. The molecule has 362 valence electrons. The summed E-state index contributed by atoms with van der Waals surface area (Å²) in [6.45, 7) is 3.58. The molecule has 0 aliphatic carbocycles. The molecule has 0 aromatic heterocycles. The predicted molar refractivity (Wildman–Crippen MR) is 262 cm³/mol. The van der Waals surface area contributed by atoms with Crippen molar-refractivity contribution in [3.63, 3.8) is 0 Å². The van der Waals surface area contributed by atoms with Crippen LogP contribution in [0, 0.1) is 0 Å². The second-order valence-corrected chi connectivity index (χ2v) is 17.2. The molecule has 0 aromatic rings. The maximum absolute atomic E-state index is 12.9. The van der Waals surface area contributed by atoms with Gasteiger partial charge in [0.05, 0.1) is 25.4 Å². The van der Waals surface area contributed by atoms with Gasteiger partial charge in [0.1, 0.15) is 24.4 Å². The molecule has 1 saturated heterocycles. The Labute approximate surface area is 384 Å². The number of hydrogen-bond donors (Lipinski definition) is 6. The summed E-state index contributed by atoms with van der Waals surface area (Å²) in [7, 11) is 0. The molecule has 0 aromatic carbocycles. The third-order valence-electron chi connectivity index (χ3n) is 11.5. The zero-order valence-corrected chi connectivity index (χ0v) is 39.8. The summed E-state index contributed by atoms with van der Waals surface area (Å²) in [5.74, 6) is -0.186. The molecule has 63 heavy (non-hydrogen) atoms. The van der Waals surface area contributed by atoms with Crippen LogP contribution in [0.2, 0.25) is 0 Å². The first-order valence-electron chi connectivity index (χ1n) is 25.3. The topological polar surface area (TPSA) is 149 Å². The van der Waals surface area contributed by atoms with Gasteiger partial charge in [-0.2, -0.15) is 0 Å². The summed E-state index contributed by atoms with van der Waals surface area (Å²) in [6, 6.07) is -0.805. The van der Waals surface area contributed by atoms with Gasteiger partial charge in [-0.1, -0.05) is 202 Å². The number of hydrogen-bond acceptors (Lipinski definition) is 8. The Morgan fingerprint density at radius 3 is 1.46 bits per heavy atom. The number of ether oxygens (including phenoxy) is 2. The van der Waals surface area contributed by atoms with Crippen LogP contribution in [0.4, 0.5) is 0 Å². The second kappa shape index (κ2) is 43.3. The minimum absolute atomic E-state index is 0.186. The smallest absolute Gasteiger partial charge is 0.220 e. The lowest BCUT2D eigenvalue weighted by atomic mass is 9.99. The van der Waals surface area contributed by atoms with Gasteiger partial charge in [0.25, 0.3) is 0 Å². The monoisotopic (exact) mass is 884 g/mol. The standard InChI is InChI=1S/C54H93NO8/c1-3-5-7-9-11-12-13-14-15-16-17-18-19-20-21-22-23-24-25-26-27-28-29-30-31-32-33-34-35-36-38-40-42-44-50(58)55-47(48(57)43-41-39-37-10-8-6-4-2)46-62-54-53(61)52(60)51(59)49(45-56)63-54/h5,7,11-12,14-15,17-18,20-21,23-24,41,43,47-49,51-54,56-57,59-61H,3-4,6,8-10,13,16,19,22,25-40,42,44-46H2,1-2H3,(H,55,58)/b7-5-,12-11-,15-14-,18-17-,21-20-,24-23-,43-41+. The van der Waals surface area contributed by atoms with Crippen molar-refractivity contribution < 1.29 is 39.8 Å². The Morgan fingerprint density at radius 2 is 0.984 bits per heavy atom. The Morgan fingerprint density at radius 1 is 0.556 bits per heavy atom. The molecule has 1 heterocycles. The fourth-order valence-electron chi connectivity index (χ4n) is 7.45. The average molecular weight is 884 g/mol. The number of aliphatic hydroxyl groups is 5. The van der Waals surface area contributed by atoms with E-state index in [9.17, 15) is 30.3 Å². The van der Waals surface area contributed by atoms with E-state index in [4.69, 9.17) is 9.47 Å². The molecule has 0 spiro atoms. The highest BCUT2D eigenvalue weighted by Crippen LogP contribution is 2.22. The third kappa shape index (κ3) is 33.5. The third-order valence-corrected chi connectivity index (χ3v) is 11.5. The maximum Gasteiger partial charge on any atom is 0.220 e. The van der Waals surface area contributed by atoms with E-state index >= 15 is 0 Å². The molecular formula is C54H93NO8. The van der Waals surface area contributed by atoms with E-state index in [1.807, 2.05) is 6.08 Å². The number of nitrogens with one attached hydrogen (secondary N) is 1. The molecule has 7 unspecified atom stereocenters. The molecule has 0 saturated carbocycles. The lowest BCUT2D eigenvalue weighted by Crippen LogP contribution is -2.60. The molecule has 1 aliphatic heterocycles. The highest BCUT2D eigenvalue weighted by molar-refractivity contribution is 5.76. The van der Waals surface area contributed by atoms with Crippen molar-refractivity contribution in [3.05, 3.63) is 85.1 Å². The normalized spacial score (nSPS) is 20.9. The first kappa shape index (κ1) is 58.4. The van der Waals surface area contributed by atoms with Crippen LogP contribution in [0.1, 0.15) is 194 Å². The van der Waals surface area contributed by atoms with Gasteiger partial charge in [-0.3, -0.25) is 4.79 Å². The number of carbonyl (C=O) groups is 1. The van der Waals surface area contributed by atoms with Crippen molar-refractivity contribution in [2.24, 2.45) is 0 Å². The van der Waals surface area contributed by atoms with Gasteiger partial charge in [0, 0.05) is 6.42 Å². The summed E-state index contributed by atoms with van der Waals surface area (Å²) in [5, 5.41) is 54.0. The van der Waals surface area contributed by atoms with Crippen molar-refractivity contribution in [3.8, 4) is 0 Å². The molecule has 1 aliphatic rings. The zero-order valence-electron chi connectivity index (χ0n) is 39.8. The summed E-state index contributed by atoms with van der Waals surface area (Å²) in [6.07, 6.45) is 53.9. The van der Waals surface area contributed by atoms with Crippen LogP contribution in [0.3, 0.4) is 0 Å². The number of unbranched alkanes of at least 4 members (excludes halogenated alkanes) is 19. The van der Waals surface area contributed by atoms with Gasteiger partial charge in [0.2, 0.25) is 5.91 Å². The maximum atomic E-state index is 12.9. The fourth-order valence-corrected chi connectivity index (χ4v) is 7.45. The number of amides is 1. The number of carbonyl (C=O) groups excluding carboxylic acids is 1. The van der Waals surface area contributed by atoms with Crippen LogP contribution in [-0.2, 0) is 14.3 Å². The highest BCUT2D eigenvalue weighted by atomic mass is 16.7. The Hall–Kier alpha value is -2.63. The molecule has 0 radical (unpaired) electrons. The fraction of sp³-hybridized carbons (Fsp3) is 0.722. The highest BCUT2D eigenvalue weighted by Gasteiger charge is 2.44. The molecule has 1 rings (SSSR count). The quantitative estimate of drug-likeness (QED) is 0.0263. The number of aliphatic hydroxyl groups excluding tert-OH is 5. The summed E-state index contributed by atoms with van der Waals surface area (Å²) in [5.41, 5.74) is 0. The van der Waals surface area contributed by atoms with Crippen LogP contribution in [0.5, 0.6) is 0 Å². The zero-order chi connectivity index (χ0) is 45.9. The summed E-state index contributed by atoms with van der Waals surface area (Å²) in [4.78, 5) is 12.9. The van der Waals surface area contributed by atoms with E-state index in [1.165, 1.54) is 96.3 Å². The van der Waals surface area contributed by atoms with Gasteiger partial charge in [-0.05, 0) is 70.6 Å². The van der Waals surface area contributed by atoms with Gasteiger partial charge in [-0.15, -0.1) is 0 Å². The van der Waals surface area contributed by atoms with Crippen molar-refractivity contribution in [1.82, 2.24) is 5.32 Å². The molecule has 7 atom stereocenters. The lowest BCUT2D eigenvalue weighted by Gasteiger charge is -2.40. The van der Waals surface area contributed by atoms with E-state index in [0.717, 1.165) is 77.0 Å². The van der Waals surface area contributed by atoms with Crippen molar-refractivity contribution in [2.45, 2.75) is 236 Å². The van der Waals surface area contributed by atoms with Gasteiger partial charge in [-0.25, -0.2) is 0 Å². The van der Waals surface area contributed by atoms with Crippen molar-refractivity contribution >= 4 is 5.91 Å². The van der Waals surface area contributed by atoms with E-state index in [2.05, 4.69) is 92.1 Å². The minimum Gasteiger partial charge on any atom is -0.394 e. The SMILES string of the molecule is CC/C=C\C/C=C\C/C=C\C/C=C\C/C=C\C/C=C\CCCCCCCCCCCCCCCCC(=O)NC(COC1OC(CO)C(O)C(O)C1O)C(O)/C=C/CCCCCCC. The van der Waals surface area contributed by atoms with Crippen LogP contribution >= 0.6 is 0 Å². The van der Waals surface area contributed by atoms with Crippen molar-refractivity contribution in [2.75, 3.05) is 13.2 Å². The molecule has 6 N–H and O–H groups in total. The molecule has 1 fully saturated rings. The van der Waals surface area contributed by atoms with Crippen LogP contribution in [0.15, 0.2) is 85.1 Å². The molecule has 9 nitrogen and oxygen atoms in total. The van der Waals surface area contributed by atoms with Gasteiger partial charge < -0.3 is 40.3 Å². The number of allylic oxidation sites excluding steroid dienone is 13. The Bertz CT molecular complexity index is 1260. The lowest BCUT2D eigenvalue weighted by molar-refractivity contribution is -0.302. The Kier molecular flexibility index (Phi) is 40.1. The Balaban J connectivity index is 2.10. The molecule has 9 heteroatoms. The van der Waals surface area contributed by atoms with E-state index in [0.29, 0.717) is 6.42 Å². The molecular weight excluding hydrogens is 791 g/mol. The predicted octanol–water partition coefficient (Wildman–Crippen LogP) is 11.5. The van der Waals surface area contributed by atoms with E-state index in [-0.39, 0.29) is 12.5 Å². The van der Waals surface area contributed by atoms with Crippen LogP contribution < -0.4 is 5.32 Å². The number of rotatable bonds is 41. The second-order valence-electron chi connectivity index (χ2n) is 17.2. The summed E-state index contributed by atoms with van der Waals surface area (Å²) >= 11 is 0.